The molecule has 0 spiro atoms. The van der Waals surface area contributed by atoms with E-state index in [1.165, 1.54) is 0 Å². The first-order valence-electron chi connectivity index (χ1n) is 3.01. The monoisotopic (exact) mass is 165 g/mol. The molecule has 5 heteroatoms. The van der Waals surface area contributed by atoms with Crippen LogP contribution in [-0.4, -0.2) is 22.9 Å². The van der Waals surface area contributed by atoms with Crippen LogP contribution in [0.25, 0.3) is 0 Å². The van der Waals surface area contributed by atoms with Crippen LogP contribution in [0.3, 0.4) is 0 Å². The number of hydrogen-bond donors (Lipinski definition) is 2. The van der Waals surface area contributed by atoms with Gasteiger partial charge in [-0.25, -0.2) is 0 Å². The van der Waals surface area contributed by atoms with Crippen LogP contribution >= 0.6 is 8.03 Å². The zero-order chi connectivity index (χ0) is 8.15. The molecule has 0 aromatic rings. The summed E-state index contributed by atoms with van der Waals surface area (Å²) in [6.45, 7) is 1.69. The highest BCUT2D eigenvalue weighted by Crippen LogP contribution is 2.12. The van der Waals surface area contributed by atoms with E-state index < -0.39 is 8.03 Å². The molecule has 0 aromatic carbocycles. The van der Waals surface area contributed by atoms with Crippen LogP contribution in [0, 0.1) is 0 Å². The Labute approximate surface area is 60.3 Å². The highest BCUT2D eigenvalue weighted by Gasteiger charge is 2.06. The van der Waals surface area contributed by atoms with Crippen LogP contribution in [-0.2, 0) is 9.36 Å². The van der Waals surface area contributed by atoms with E-state index in [1.807, 2.05) is 0 Å². The molecule has 0 aromatic heterocycles. The van der Waals surface area contributed by atoms with E-state index in [2.05, 4.69) is 0 Å². The van der Waals surface area contributed by atoms with Crippen molar-refractivity contribution in [3.8, 4) is 0 Å². The third-order valence-electron chi connectivity index (χ3n) is 0.898. The second kappa shape index (κ2) is 4.61. The number of hydrogen-bond acceptors (Lipinski definition) is 3. The van der Waals surface area contributed by atoms with E-state index in [-0.39, 0.29) is 24.4 Å². The lowest BCUT2D eigenvalue weighted by molar-refractivity contribution is -0.116. The number of Topliss-reactive ketones (excluding diaryl/α,β-unsaturated/α-hetero) is 1. The minimum atomic E-state index is -2.63. The molecule has 0 aliphatic carbocycles. The Morgan fingerprint density at radius 2 is 2.30 bits per heavy atom. The number of rotatable bonds is 4. The number of nitrogens with two attached hydrogens (primary N) is 1. The van der Waals surface area contributed by atoms with Crippen LogP contribution < -0.4 is 5.73 Å². The van der Waals surface area contributed by atoms with Crippen LogP contribution in [0.4, 0.5) is 0 Å². The highest BCUT2D eigenvalue weighted by atomic mass is 31.1. The normalized spacial score (nSPS) is 16.3. The van der Waals surface area contributed by atoms with Gasteiger partial charge in [-0.2, -0.15) is 0 Å². The minimum absolute atomic E-state index is 0.191. The van der Waals surface area contributed by atoms with Crippen LogP contribution in [0.15, 0.2) is 0 Å². The van der Waals surface area contributed by atoms with Gasteiger partial charge in [-0.1, -0.05) is 0 Å². The van der Waals surface area contributed by atoms with E-state index in [1.54, 1.807) is 6.92 Å². The molecule has 3 N–H and O–H groups in total. The summed E-state index contributed by atoms with van der Waals surface area (Å²) in [7, 11) is -2.63. The molecule has 0 aliphatic heterocycles. The van der Waals surface area contributed by atoms with Gasteiger partial charge in [0, 0.05) is 12.5 Å². The lowest BCUT2D eigenvalue weighted by Crippen LogP contribution is -2.20. The van der Waals surface area contributed by atoms with Crippen molar-refractivity contribution in [3.63, 3.8) is 0 Å². The summed E-state index contributed by atoms with van der Waals surface area (Å²) in [4.78, 5) is 19.0. The molecule has 0 amide bonds. The molecule has 60 valence electrons. The molecule has 4 nitrogen and oxygen atoms in total. The maximum Gasteiger partial charge on any atom is 0.196 e. The molecule has 0 fully saturated rings. The zero-order valence-corrected chi connectivity index (χ0v) is 6.83. The SMILES string of the molecule is C[C@@H](N)CC(=O)C[PH](=O)O. The predicted molar refractivity (Wildman–Crippen MR) is 39.4 cm³/mol. The largest absolute Gasteiger partial charge is 0.346 e. The van der Waals surface area contributed by atoms with Crippen molar-refractivity contribution in [1.29, 1.82) is 0 Å². The lowest BCUT2D eigenvalue weighted by atomic mass is 10.2. The molecule has 0 bridgehead atoms. The standard InChI is InChI=1S/C5H12NO3P/c1-4(6)2-5(7)3-10(8)9/h4,10H,2-3,6H2,1H3,(H,8,9)/t4-/m1/s1. The summed E-state index contributed by atoms with van der Waals surface area (Å²) < 4.78 is 10.1. The van der Waals surface area contributed by atoms with Gasteiger partial charge in [-0.05, 0) is 6.92 Å². The molecule has 10 heavy (non-hydrogen) atoms. The van der Waals surface area contributed by atoms with E-state index >= 15 is 0 Å². The van der Waals surface area contributed by atoms with Gasteiger partial charge in [0.2, 0.25) is 0 Å². The molecule has 0 heterocycles. The smallest absolute Gasteiger partial charge is 0.196 e. The first kappa shape index (κ1) is 9.82. The Morgan fingerprint density at radius 3 is 2.60 bits per heavy atom. The predicted octanol–water partition coefficient (Wildman–Crippen LogP) is -0.240. The molecular formula is C5H12NO3P. The average Bonchev–Trinajstić information content (AvgIpc) is 1.58. The number of carbonyl (C=O) groups excluding carboxylic acids is 1. The van der Waals surface area contributed by atoms with Gasteiger partial charge >= 0.3 is 0 Å². The first-order chi connectivity index (χ1) is 4.52. The highest BCUT2D eigenvalue weighted by molar-refractivity contribution is 7.39. The van der Waals surface area contributed by atoms with Gasteiger partial charge < -0.3 is 10.6 Å². The number of ketones is 1. The second-order valence-corrected chi connectivity index (χ2v) is 3.43. The quantitative estimate of drug-likeness (QED) is 0.563. The Bertz CT molecular complexity index is 146. The molecule has 0 saturated heterocycles. The first-order valence-corrected chi connectivity index (χ1v) is 4.57. The maximum absolute atomic E-state index is 10.6. The van der Waals surface area contributed by atoms with Crippen molar-refractivity contribution >= 4 is 13.8 Å². The van der Waals surface area contributed by atoms with Crippen LogP contribution in [0.1, 0.15) is 13.3 Å². The van der Waals surface area contributed by atoms with E-state index in [0.717, 1.165) is 0 Å². The summed E-state index contributed by atoms with van der Waals surface area (Å²) in [6, 6.07) is -0.214. The van der Waals surface area contributed by atoms with Crippen molar-refractivity contribution in [2.45, 2.75) is 19.4 Å². The fourth-order valence-corrected chi connectivity index (χ4v) is 1.08. The molecule has 0 saturated carbocycles. The van der Waals surface area contributed by atoms with Gasteiger partial charge in [0.15, 0.2) is 8.03 Å². The third kappa shape index (κ3) is 5.95. The Morgan fingerprint density at radius 1 is 1.80 bits per heavy atom. The summed E-state index contributed by atoms with van der Waals surface area (Å²) in [5, 5.41) is 0. The Hall–Kier alpha value is -0.180. The molecule has 0 radical (unpaired) electrons. The summed E-state index contributed by atoms with van der Waals surface area (Å²) in [6.07, 6.45) is -0.0385. The van der Waals surface area contributed by atoms with Crippen molar-refractivity contribution < 1.29 is 14.3 Å². The summed E-state index contributed by atoms with van der Waals surface area (Å²) in [5.74, 6) is -0.235. The average molecular weight is 165 g/mol. The lowest BCUT2D eigenvalue weighted by Gasteiger charge is -2.00. The third-order valence-corrected chi connectivity index (χ3v) is 1.59. The summed E-state index contributed by atoms with van der Waals surface area (Å²) >= 11 is 0. The van der Waals surface area contributed by atoms with Crippen molar-refractivity contribution in [2.24, 2.45) is 5.73 Å². The summed E-state index contributed by atoms with van der Waals surface area (Å²) in [5.41, 5.74) is 5.28. The van der Waals surface area contributed by atoms with Gasteiger partial charge in [0.25, 0.3) is 0 Å². The van der Waals surface area contributed by atoms with E-state index in [4.69, 9.17) is 10.6 Å². The van der Waals surface area contributed by atoms with Gasteiger partial charge in [0.1, 0.15) is 5.78 Å². The topological polar surface area (TPSA) is 80.4 Å². The van der Waals surface area contributed by atoms with Crippen molar-refractivity contribution in [3.05, 3.63) is 0 Å². The molecule has 1 unspecified atom stereocenters. The fraction of sp³-hybridized carbons (Fsp3) is 0.800. The zero-order valence-electron chi connectivity index (χ0n) is 5.83. The maximum atomic E-state index is 10.6. The van der Waals surface area contributed by atoms with Crippen molar-refractivity contribution in [2.75, 3.05) is 6.16 Å². The van der Waals surface area contributed by atoms with Crippen LogP contribution in [0.5, 0.6) is 0 Å². The molecular weight excluding hydrogens is 153 g/mol. The Kier molecular flexibility index (Phi) is 4.52. The van der Waals surface area contributed by atoms with Gasteiger partial charge in [-0.3, -0.25) is 9.36 Å². The van der Waals surface area contributed by atoms with Gasteiger partial charge in [-0.15, -0.1) is 0 Å². The van der Waals surface area contributed by atoms with Crippen molar-refractivity contribution in [1.82, 2.24) is 0 Å². The second-order valence-electron chi connectivity index (χ2n) is 2.29. The van der Waals surface area contributed by atoms with E-state index in [9.17, 15) is 9.36 Å². The number of carbonyl (C=O) groups is 1. The van der Waals surface area contributed by atoms with Crippen LogP contribution in [0.2, 0.25) is 0 Å². The molecule has 2 atom stereocenters. The fourth-order valence-electron chi connectivity index (χ4n) is 0.600. The minimum Gasteiger partial charge on any atom is -0.346 e. The Balaban J connectivity index is 3.54. The van der Waals surface area contributed by atoms with E-state index in [0.29, 0.717) is 0 Å². The molecule has 0 rings (SSSR count). The molecule has 0 aliphatic rings. The van der Waals surface area contributed by atoms with Gasteiger partial charge in [0.05, 0.1) is 6.16 Å².